The minimum absolute atomic E-state index is 0.00105. The molecule has 1 amide bonds. The molecule has 1 aromatic rings. The van der Waals surface area contributed by atoms with Crippen molar-refractivity contribution in [2.24, 2.45) is 5.73 Å². The van der Waals surface area contributed by atoms with Crippen molar-refractivity contribution in [3.63, 3.8) is 0 Å². The van der Waals surface area contributed by atoms with Gasteiger partial charge in [0.15, 0.2) is 11.6 Å². The molecular weight excluding hydrogens is 210 g/mol. The van der Waals surface area contributed by atoms with Crippen molar-refractivity contribution < 1.29 is 9.53 Å². The predicted octanol–water partition coefficient (Wildman–Crippen LogP) is -0.186. The predicted molar refractivity (Wildman–Crippen MR) is 60.4 cm³/mol. The molecule has 0 fully saturated rings. The lowest BCUT2D eigenvalue weighted by Gasteiger charge is -2.12. The number of nitrogens with zero attached hydrogens (tertiary/aromatic N) is 2. The Morgan fingerprint density at radius 2 is 2.06 bits per heavy atom. The third-order valence-corrected chi connectivity index (χ3v) is 1.78. The summed E-state index contributed by atoms with van der Waals surface area (Å²) in [7, 11) is 1.51. The lowest BCUT2D eigenvalue weighted by atomic mass is 10.4. The summed E-state index contributed by atoms with van der Waals surface area (Å²) in [4.78, 5) is 18.6. The van der Waals surface area contributed by atoms with Crippen LogP contribution in [0.15, 0.2) is 6.33 Å². The molecular formula is C9H15N5O2. The van der Waals surface area contributed by atoms with Crippen molar-refractivity contribution in [2.75, 3.05) is 30.8 Å². The Morgan fingerprint density at radius 1 is 1.44 bits per heavy atom. The lowest BCUT2D eigenvalue weighted by molar-refractivity contribution is -0.116. The van der Waals surface area contributed by atoms with Gasteiger partial charge in [-0.2, -0.15) is 0 Å². The van der Waals surface area contributed by atoms with Crippen molar-refractivity contribution in [3.8, 4) is 5.75 Å². The quantitative estimate of drug-likeness (QED) is 0.620. The first-order valence-corrected chi connectivity index (χ1v) is 4.84. The van der Waals surface area contributed by atoms with E-state index in [0.717, 1.165) is 0 Å². The lowest BCUT2D eigenvalue weighted by Crippen LogP contribution is -2.22. The van der Waals surface area contributed by atoms with Gasteiger partial charge in [0.25, 0.3) is 0 Å². The van der Waals surface area contributed by atoms with Crippen molar-refractivity contribution in [1.29, 1.82) is 0 Å². The van der Waals surface area contributed by atoms with Crippen molar-refractivity contribution >= 4 is 17.5 Å². The number of rotatable bonds is 6. The molecule has 0 radical (unpaired) electrons. The summed E-state index contributed by atoms with van der Waals surface area (Å²) in [5.74, 6) is 1.01. The van der Waals surface area contributed by atoms with Crippen LogP contribution in [0.3, 0.4) is 0 Å². The Bertz CT molecular complexity index is 369. The standard InChI is InChI=1S/C9H15N5O2/c1-3-11-8-7(16-2)9(14-5-13-8)12-4-6(10)15/h5H,3-4H2,1-2H3,(H2,10,15)(H2,11,12,13,14). The number of hydrogen-bond acceptors (Lipinski definition) is 6. The van der Waals surface area contributed by atoms with Gasteiger partial charge in [0.2, 0.25) is 11.7 Å². The third kappa shape index (κ3) is 2.97. The number of aromatic nitrogens is 2. The number of amides is 1. The zero-order valence-electron chi connectivity index (χ0n) is 9.28. The van der Waals surface area contributed by atoms with Gasteiger partial charge in [-0.15, -0.1) is 0 Å². The van der Waals surface area contributed by atoms with Crippen LogP contribution in [0.1, 0.15) is 6.92 Å². The Hall–Kier alpha value is -2.05. The van der Waals surface area contributed by atoms with E-state index < -0.39 is 5.91 Å². The number of nitrogens with two attached hydrogens (primary N) is 1. The SMILES string of the molecule is CCNc1ncnc(NCC(N)=O)c1OC. The van der Waals surface area contributed by atoms with Crippen LogP contribution >= 0.6 is 0 Å². The maximum atomic E-state index is 10.6. The summed E-state index contributed by atoms with van der Waals surface area (Å²) >= 11 is 0. The average Bonchev–Trinajstić information content (AvgIpc) is 2.27. The van der Waals surface area contributed by atoms with E-state index in [1.807, 2.05) is 6.92 Å². The molecule has 0 atom stereocenters. The zero-order valence-corrected chi connectivity index (χ0v) is 9.28. The first-order valence-electron chi connectivity index (χ1n) is 4.84. The summed E-state index contributed by atoms with van der Waals surface area (Å²) in [6, 6.07) is 0. The number of methoxy groups -OCH3 is 1. The van der Waals surface area contributed by atoms with E-state index in [2.05, 4.69) is 20.6 Å². The van der Waals surface area contributed by atoms with Gasteiger partial charge in [-0.25, -0.2) is 9.97 Å². The number of hydrogen-bond donors (Lipinski definition) is 3. The number of anilines is 2. The summed E-state index contributed by atoms with van der Waals surface area (Å²) in [6.45, 7) is 2.65. The number of primary amides is 1. The molecule has 16 heavy (non-hydrogen) atoms. The van der Waals surface area contributed by atoms with E-state index >= 15 is 0 Å². The zero-order chi connectivity index (χ0) is 12.0. The van der Waals surface area contributed by atoms with E-state index in [4.69, 9.17) is 10.5 Å². The highest BCUT2D eigenvalue weighted by atomic mass is 16.5. The molecule has 7 nitrogen and oxygen atoms in total. The normalized spacial score (nSPS) is 9.62. The fourth-order valence-electron chi connectivity index (χ4n) is 1.16. The number of carbonyl (C=O) groups is 1. The Balaban J connectivity index is 2.89. The third-order valence-electron chi connectivity index (χ3n) is 1.78. The summed E-state index contributed by atoms with van der Waals surface area (Å²) in [5.41, 5.74) is 5.03. The molecule has 0 saturated heterocycles. The molecule has 0 saturated carbocycles. The largest absolute Gasteiger partial charge is 0.490 e. The molecule has 0 aliphatic heterocycles. The Kier molecular flexibility index (Phi) is 4.31. The maximum Gasteiger partial charge on any atom is 0.236 e. The molecule has 0 unspecified atom stereocenters. The van der Waals surface area contributed by atoms with Crippen LogP contribution in [-0.2, 0) is 4.79 Å². The van der Waals surface area contributed by atoms with Crippen LogP contribution < -0.4 is 21.1 Å². The highest BCUT2D eigenvalue weighted by molar-refractivity contribution is 5.79. The first-order chi connectivity index (χ1) is 7.69. The molecule has 88 valence electrons. The van der Waals surface area contributed by atoms with E-state index in [-0.39, 0.29) is 6.54 Å². The fourth-order valence-corrected chi connectivity index (χ4v) is 1.16. The van der Waals surface area contributed by atoms with Crippen LogP contribution in [-0.4, -0.2) is 36.1 Å². The van der Waals surface area contributed by atoms with E-state index in [1.165, 1.54) is 13.4 Å². The highest BCUT2D eigenvalue weighted by Gasteiger charge is 2.11. The second kappa shape index (κ2) is 5.74. The summed E-state index contributed by atoms with van der Waals surface area (Å²) in [6.07, 6.45) is 1.38. The van der Waals surface area contributed by atoms with Crippen LogP contribution in [0.4, 0.5) is 11.6 Å². The van der Waals surface area contributed by atoms with Gasteiger partial charge in [0.05, 0.1) is 13.7 Å². The second-order valence-corrected chi connectivity index (χ2v) is 2.95. The van der Waals surface area contributed by atoms with Gasteiger partial charge in [0.1, 0.15) is 6.33 Å². The molecule has 1 heterocycles. The van der Waals surface area contributed by atoms with Crippen LogP contribution in [0.25, 0.3) is 0 Å². The molecule has 0 aromatic carbocycles. The second-order valence-electron chi connectivity index (χ2n) is 2.95. The van der Waals surface area contributed by atoms with E-state index in [1.54, 1.807) is 0 Å². The van der Waals surface area contributed by atoms with E-state index in [9.17, 15) is 4.79 Å². The van der Waals surface area contributed by atoms with Crippen molar-refractivity contribution in [1.82, 2.24) is 9.97 Å². The number of ether oxygens (including phenoxy) is 1. The minimum atomic E-state index is -0.467. The maximum absolute atomic E-state index is 10.6. The fraction of sp³-hybridized carbons (Fsp3) is 0.444. The van der Waals surface area contributed by atoms with Gasteiger partial charge in [-0.1, -0.05) is 0 Å². The summed E-state index contributed by atoms with van der Waals surface area (Å²) < 4.78 is 5.16. The van der Waals surface area contributed by atoms with Crippen molar-refractivity contribution in [3.05, 3.63) is 6.33 Å². The molecule has 0 bridgehead atoms. The highest BCUT2D eigenvalue weighted by Crippen LogP contribution is 2.28. The van der Waals surface area contributed by atoms with Gasteiger partial charge < -0.3 is 21.1 Å². The topological polar surface area (TPSA) is 102 Å². The van der Waals surface area contributed by atoms with Gasteiger partial charge in [-0.05, 0) is 6.92 Å². The van der Waals surface area contributed by atoms with Gasteiger partial charge in [0, 0.05) is 6.54 Å². The Labute approximate surface area is 93.4 Å². The molecule has 7 heteroatoms. The monoisotopic (exact) mass is 225 g/mol. The number of carbonyl (C=O) groups excluding carboxylic acids is 1. The first kappa shape index (κ1) is 12.0. The molecule has 4 N–H and O–H groups in total. The van der Waals surface area contributed by atoms with Crippen LogP contribution in [0, 0.1) is 0 Å². The molecule has 0 spiro atoms. The average molecular weight is 225 g/mol. The molecule has 1 rings (SSSR count). The van der Waals surface area contributed by atoms with Crippen LogP contribution in [0.2, 0.25) is 0 Å². The van der Waals surface area contributed by atoms with Gasteiger partial charge in [-0.3, -0.25) is 4.79 Å². The van der Waals surface area contributed by atoms with E-state index in [0.29, 0.717) is 23.9 Å². The smallest absolute Gasteiger partial charge is 0.236 e. The molecule has 0 aliphatic rings. The molecule has 1 aromatic heterocycles. The minimum Gasteiger partial charge on any atom is -0.490 e. The van der Waals surface area contributed by atoms with Crippen molar-refractivity contribution in [2.45, 2.75) is 6.92 Å². The van der Waals surface area contributed by atoms with Gasteiger partial charge >= 0.3 is 0 Å². The summed E-state index contributed by atoms with van der Waals surface area (Å²) in [5, 5.41) is 5.79. The molecule has 0 aliphatic carbocycles. The number of nitrogens with one attached hydrogen (secondary N) is 2. The van der Waals surface area contributed by atoms with Crippen LogP contribution in [0.5, 0.6) is 5.75 Å². The Morgan fingerprint density at radius 3 is 2.56 bits per heavy atom.